The molecule has 86 heavy (non-hydrogen) atoms. The van der Waals surface area contributed by atoms with Crippen LogP contribution in [0.25, 0.3) is 0 Å². The van der Waals surface area contributed by atoms with Crippen molar-refractivity contribution in [2.24, 2.45) is 0 Å². The summed E-state index contributed by atoms with van der Waals surface area (Å²) >= 11 is 2.76. The average molecular weight is 1240 g/mol. The quantitative estimate of drug-likeness (QED) is 0.117. The number of ether oxygens (including phenoxy) is 2. The number of aliphatic hydroxyl groups excluding tert-OH is 2. The second-order valence-electron chi connectivity index (χ2n) is 17.3. The zero-order chi connectivity index (χ0) is 63.5. The number of hydrogen-bond acceptors (Lipinski definition) is 13. The lowest BCUT2D eigenvalue weighted by Crippen LogP contribution is -2.06. The number of hydrogen-bond donors (Lipinski definition) is 2. The summed E-state index contributed by atoms with van der Waals surface area (Å²) in [5, 5.41) is 19.3. The maximum Gasteiger partial charge on any atom is 0.373 e. The minimum absolute atomic E-state index is 0.0185. The number of aryl methyl sites for hydroxylation is 1. The van der Waals surface area contributed by atoms with Gasteiger partial charge >= 0.3 is 24.2 Å². The SMILES string of the molecule is CC1OC(=O)c2ccc(F)c(F)c21.CCc1cccc(F)c1F.Fc1ccccc1F.O=C1OC(O)c2c1ccc(F)c2F.O=C1c2ccccc2SCc2c1ccc(F)c2F.O=C=O.O=C=O.OC1c2ccccc2SCc2c1ccc(F)c2F. The van der Waals surface area contributed by atoms with Crippen molar-refractivity contribution < 1.29 is 106 Å². The van der Waals surface area contributed by atoms with E-state index in [1.54, 1.807) is 25.1 Å². The summed E-state index contributed by atoms with van der Waals surface area (Å²) in [5.41, 5.74) is 2.41. The maximum absolute atomic E-state index is 13.8. The molecule has 11 nitrogen and oxygen atoms in total. The van der Waals surface area contributed by atoms with Crippen LogP contribution in [0.15, 0.2) is 149 Å². The molecule has 446 valence electrons. The van der Waals surface area contributed by atoms with Gasteiger partial charge in [-0.25, -0.2) is 62.3 Å². The monoisotopic (exact) mass is 1240 g/mol. The van der Waals surface area contributed by atoms with Crippen LogP contribution in [0.1, 0.15) is 108 Å². The van der Waals surface area contributed by atoms with E-state index in [0.717, 1.165) is 63.9 Å². The number of halogens is 12. The molecule has 2 N–H and O–H groups in total. The molecular weight excluding hydrogens is 1200 g/mol. The molecule has 25 heteroatoms. The van der Waals surface area contributed by atoms with Crippen LogP contribution in [0.5, 0.6) is 0 Å². The molecule has 3 atom stereocenters. The summed E-state index contributed by atoms with van der Waals surface area (Å²) in [4.78, 5) is 68.4. The molecule has 0 amide bonds. The lowest BCUT2D eigenvalue weighted by Gasteiger charge is -2.14. The van der Waals surface area contributed by atoms with E-state index in [1.165, 1.54) is 66.8 Å². The highest BCUT2D eigenvalue weighted by Gasteiger charge is 2.35. The number of benzene rings is 8. The van der Waals surface area contributed by atoms with Crippen molar-refractivity contribution in [3.63, 3.8) is 0 Å². The second-order valence-corrected chi connectivity index (χ2v) is 19.3. The van der Waals surface area contributed by atoms with Gasteiger partial charge in [-0.1, -0.05) is 67.6 Å². The summed E-state index contributed by atoms with van der Waals surface area (Å²) in [6.07, 6.45) is -2.26. The Labute approximate surface area is 488 Å². The summed E-state index contributed by atoms with van der Waals surface area (Å²) in [7, 11) is 0. The van der Waals surface area contributed by atoms with Crippen LogP contribution in [-0.4, -0.2) is 40.2 Å². The number of cyclic esters (lactones) is 2. The topological polar surface area (TPSA) is 178 Å². The molecule has 8 aromatic carbocycles. The number of thioether (sulfide) groups is 2. The Hall–Kier alpha value is -9.09. The smallest absolute Gasteiger partial charge is 0.373 e. The Morgan fingerprint density at radius 3 is 1.44 bits per heavy atom. The Balaban J connectivity index is 0.000000188. The van der Waals surface area contributed by atoms with E-state index in [1.807, 2.05) is 36.4 Å². The molecule has 0 spiro atoms. The third-order valence-electron chi connectivity index (χ3n) is 12.2. The summed E-state index contributed by atoms with van der Waals surface area (Å²) in [5.74, 6) is -12.0. The lowest BCUT2D eigenvalue weighted by atomic mass is 9.97. The molecule has 0 aromatic heterocycles. The van der Waals surface area contributed by atoms with E-state index in [9.17, 15) is 72.2 Å². The first-order valence-electron chi connectivity index (χ1n) is 24.4. The molecule has 12 rings (SSSR count). The van der Waals surface area contributed by atoms with E-state index in [4.69, 9.17) is 29.0 Å². The summed E-state index contributed by atoms with van der Waals surface area (Å²) < 4.78 is 163. The largest absolute Gasteiger partial charge is 0.454 e. The van der Waals surface area contributed by atoms with Crippen LogP contribution in [0.4, 0.5) is 52.7 Å². The highest BCUT2D eigenvalue weighted by molar-refractivity contribution is 7.98. The van der Waals surface area contributed by atoms with Gasteiger partial charge in [-0.15, -0.1) is 23.5 Å². The summed E-state index contributed by atoms with van der Waals surface area (Å²) in [6.45, 7) is 3.30. The van der Waals surface area contributed by atoms with Crippen LogP contribution in [-0.2, 0) is 46.6 Å². The van der Waals surface area contributed by atoms with Crippen molar-refractivity contribution >= 4 is 53.5 Å². The number of aliphatic hydroxyl groups is 2. The molecule has 0 bridgehead atoms. The fraction of sp³-hybridized carbons (Fsp3) is 0.131. The number of carbonyl (C=O) groups excluding carboxylic acids is 7. The van der Waals surface area contributed by atoms with E-state index >= 15 is 0 Å². The van der Waals surface area contributed by atoms with Crippen molar-refractivity contribution in [3.8, 4) is 0 Å². The fourth-order valence-corrected chi connectivity index (χ4v) is 10.3. The predicted molar refractivity (Wildman–Crippen MR) is 281 cm³/mol. The molecular formula is C61H40F12O11S2. The molecule has 0 saturated carbocycles. The van der Waals surface area contributed by atoms with Gasteiger partial charge in [-0.05, 0) is 109 Å². The van der Waals surface area contributed by atoms with Crippen molar-refractivity contribution in [2.75, 3.05) is 0 Å². The van der Waals surface area contributed by atoms with E-state index in [2.05, 4.69) is 4.74 Å². The number of esters is 2. The van der Waals surface area contributed by atoms with Gasteiger partial charge in [-0.2, -0.15) is 19.2 Å². The van der Waals surface area contributed by atoms with Crippen LogP contribution >= 0.6 is 23.5 Å². The van der Waals surface area contributed by atoms with Gasteiger partial charge in [0.2, 0.25) is 6.29 Å². The van der Waals surface area contributed by atoms with Gasteiger partial charge in [0, 0.05) is 49.1 Å². The maximum atomic E-state index is 13.8. The van der Waals surface area contributed by atoms with Gasteiger partial charge in [0.1, 0.15) is 12.2 Å². The van der Waals surface area contributed by atoms with E-state index < -0.39 is 106 Å². The molecule has 3 unspecified atom stereocenters. The van der Waals surface area contributed by atoms with Crippen molar-refractivity contribution in [2.45, 2.75) is 60.1 Å². The lowest BCUT2D eigenvalue weighted by molar-refractivity contribution is -0.193. The summed E-state index contributed by atoms with van der Waals surface area (Å²) in [6, 6.07) is 32.7. The van der Waals surface area contributed by atoms with E-state index in [0.29, 0.717) is 28.9 Å². The fourth-order valence-electron chi connectivity index (χ4n) is 8.08. The molecule has 8 aromatic rings. The van der Waals surface area contributed by atoms with E-state index in [-0.39, 0.29) is 57.2 Å². The Morgan fingerprint density at radius 2 is 0.872 bits per heavy atom. The first-order chi connectivity index (χ1) is 41.0. The molecule has 0 aliphatic carbocycles. The number of carbonyl (C=O) groups is 3. The van der Waals surface area contributed by atoms with Gasteiger partial charge < -0.3 is 19.7 Å². The predicted octanol–water partition coefficient (Wildman–Crippen LogP) is 14.1. The molecule has 0 saturated heterocycles. The third kappa shape index (κ3) is 16.4. The number of ketones is 1. The standard InChI is InChI=1S/C14H10F2OS.C14H8F2OS.C9H6F2O2.C8H4F2O3.C8H8F2.C6H4F2.2CO2/c2*15-11-6-5-8-10(13(11)16)7-18-12-4-2-1-3-9(12)14(8)17;1-4-7-5(9(12)13-4)2-3-6(10)8(7)11;9-4-2-1-3-5(6(4)10)8(12)13-7(3)11;1-2-6-4-3-5-7(9)8(6)10;7-5-3-1-2-4-6(5)8;2*2-1-3/h1-6,14,17H,7H2;1-6H,7H2;2-4H,1H3;1-2,8,12H;3-5H,2H2,1H3;1-4H;;. The number of rotatable bonds is 1. The van der Waals surface area contributed by atoms with Crippen LogP contribution in [0, 0.1) is 69.8 Å². The highest BCUT2D eigenvalue weighted by Crippen LogP contribution is 2.41. The van der Waals surface area contributed by atoms with Crippen LogP contribution in [0.2, 0.25) is 0 Å². The van der Waals surface area contributed by atoms with Gasteiger partial charge in [-0.3, -0.25) is 4.79 Å². The zero-order valence-electron chi connectivity index (χ0n) is 44.1. The second kappa shape index (κ2) is 31.7. The molecule has 4 heterocycles. The van der Waals surface area contributed by atoms with Crippen LogP contribution < -0.4 is 0 Å². The molecule has 0 radical (unpaired) electrons. The first-order valence-corrected chi connectivity index (χ1v) is 26.4. The first kappa shape index (κ1) is 67.7. The number of fused-ring (bicyclic) bond motifs is 6. The normalized spacial score (nSPS) is 14.8. The van der Waals surface area contributed by atoms with Crippen molar-refractivity contribution in [1.29, 1.82) is 0 Å². The Bertz CT molecular complexity index is 3750. The highest BCUT2D eigenvalue weighted by atomic mass is 32.2. The molecule has 4 aliphatic heterocycles. The van der Waals surface area contributed by atoms with Gasteiger partial charge in [0.15, 0.2) is 75.6 Å². The van der Waals surface area contributed by atoms with Gasteiger partial charge in [0.25, 0.3) is 0 Å². The zero-order valence-corrected chi connectivity index (χ0v) is 45.7. The molecule has 4 aliphatic rings. The van der Waals surface area contributed by atoms with Gasteiger partial charge in [0.05, 0.1) is 16.7 Å². The van der Waals surface area contributed by atoms with Crippen LogP contribution in [0.3, 0.4) is 0 Å². The molecule has 0 fully saturated rings. The average Bonchev–Trinajstić information content (AvgIpc) is 2.96. The minimum atomic E-state index is -1.70. The Kier molecular flexibility index (Phi) is 25.0. The van der Waals surface area contributed by atoms with Crippen molar-refractivity contribution in [3.05, 3.63) is 271 Å². The Morgan fingerprint density at radius 1 is 0.442 bits per heavy atom. The van der Waals surface area contributed by atoms with Crippen molar-refractivity contribution in [1.82, 2.24) is 0 Å². The minimum Gasteiger partial charge on any atom is -0.454 e. The third-order valence-corrected chi connectivity index (χ3v) is 14.4.